The fraction of sp³-hybridized carbons (Fsp3) is 0.200. The van der Waals surface area contributed by atoms with Crippen molar-refractivity contribution in [3.63, 3.8) is 0 Å². The molecule has 1 heterocycles. The summed E-state index contributed by atoms with van der Waals surface area (Å²) in [6.07, 6.45) is -1.52. The maximum atomic E-state index is 12.0. The number of pyridine rings is 1. The Kier molecular flexibility index (Phi) is 4.26. The number of halogens is 3. The van der Waals surface area contributed by atoms with Crippen LogP contribution in [0.4, 0.5) is 13.2 Å². The number of Topliss-reactive ketones (excluding diaryl/α,β-unsaturated/α-hetero) is 1. The molecule has 0 spiro atoms. The molecule has 0 N–H and O–H groups in total. The number of ketones is 1. The maximum Gasteiger partial charge on any atom is 0.573 e. The highest BCUT2D eigenvalue weighted by Crippen LogP contribution is 2.23. The van der Waals surface area contributed by atoms with Crippen LogP contribution in [0.25, 0.3) is 0 Å². The molecule has 0 amide bonds. The summed E-state index contributed by atoms with van der Waals surface area (Å²) < 4.78 is 39.9. The summed E-state index contributed by atoms with van der Waals surface area (Å²) in [7, 11) is 0. The number of benzene rings is 1. The van der Waals surface area contributed by atoms with Crippen LogP contribution in [-0.2, 0) is 6.42 Å². The van der Waals surface area contributed by atoms with Crippen LogP contribution in [0.5, 0.6) is 5.75 Å². The summed E-state index contributed by atoms with van der Waals surface area (Å²) in [6, 6.07) is 6.95. The minimum Gasteiger partial charge on any atom is -0.406 e. The van der Waals surface area contributed by atoms with E-state index in [9.17, 15) is 18.0 Å². The molecule has 2 rings (SSSR count). The highest BCUT2D eigenvalue weighted by molar-refractivity contribution is 5.97. The molecule has 0 fully saturated rings. The molecule has 3 nitrogen and oxygen atoms in total. The van der Waals surface area contributed by atoms with Gasteiger partial charge in [0.1, 0.15) is 5.75 Å². The lowest BCUT2D eigenvalue weighted by atomic mass is 10.0. The Balaban J connectivity index is 2.05. The smallest absolute Gasteiger partial charge is 0.406 e. The van der Waals surface area contributed by atoms with E-state index in [-0.39, 0.29) is 18.0 Å². The quantitative estimate of drug-likeness (QED) is 0.807. The highest BCUT2D eigenvalue weighted by Gasteiger charge is 2.30. The molecule has 0 aliphatic carbocycles. The van der Waals surface area contributed by atoms with Crippen molar-refractivity contribution in [3.05, 3.63) is 59.4 Å². The molecule has 0 atom stereocenters. The van der Waals surface area contributed by atoms with Crippen molar-refractivity contribution in [1.82, 2.24) is 4.98 Å². The molecule has 0 saturated carbocycles. The standard InChI is InChI=1S/C15H12F3NO2/c1-10-6-12(9-19-8-10)14(20)7-11-2-4-13(5-3-11)21-15(16,17)18/h2-6,8-9H,7H2,1H3. The van der Waals surface area contributed by atoms with Crippen molar-refractivity contribution in [2.45, 2.75) is 19.7 Å². The third-order valence-electron chi connectivity index (χ3n) is 2.72. The maximum absolute atomic E-state index is 12.0. The minimum atomic E-state index is -4.72. The monoisotopic (exact) mass is 295 g/mol. The molecule has 0 unspecified atom stereocenters. The predicted octanol–water partition coefficient (Wildman–Crippen LogP) is 3.71. The lowest BCUT2D eigenvalue weighted by Crippen LogP contribution is -2.17. The van der Waals surface area contributed by atoms with Gasteiger partial charge in [0.05, 0.1) is 0 Å². The van der Waals surface area contributed by atoms with Crippen LogP contribution in [-0.4, -0.2) is 17.1 Å². The van der Waals surface area contributed by atoms with Crippen LogP contribution in [0.1, 0.15) is 21.5 Å². The summed E-state index contributed by atoms with van der Waals surface area (Å²) >= 11 is 0. The molecule has 6 heteroatoms. The summed E-state index contributed by atoms with van der Waals surface area (Å²) in [5.74, 6) is -0.452. The average molecular weight is 295 g/mol. The molecule has 0 aliphatic heterocycles. The van der Waals surface area contributed by atoms with Gasteiger partial charge < -0.3 is 4.74 Å². The van der Waals surface area contributed by atoms with Gasteiger partial charge in [0.15, 0.2) is 5.78 Å². The minimum absolute atomic E-state index is 0.0947. The van der Waals surface area contributed by atoms with Crippen LogP contribution < -0.4 is 4.74 Å². The molecule has 1 aromatic heterocycles. The van der Waals surface area contributed by atoms with Gasteiger partial charge in [0.2, 0.25) is 0 Å². The van der Waals surface area contributed by atoms with Gasteiger partial charge in [-0.25, -0.2) is 0 Å². The summed E-state index contributed by atoms with van der Waals surface area (Å²) in [6.45, 7) is 1.83. The van der Waals surface area contributed by atoms with Crippen molar-refractivity contribution < 1.29 is 22.7 Å². The van der Waals surface area contributed by atoms with Gasteiger partial charge in [-0.2, -0.15) is 0 Å². The Bertz CT molecular complexity index is 636. The van der Waals surface area contributed by atoms with Gasteiger partial charge in [-0.05, 0) is 36.2 Å². The van der Waals surface area contributed by atoms with Crippen LogP contribution in [0, 0.1) is 6.92 Å². The SMILES string of the molecule is Cc1cncc(C(=O)Cc2ccc(OC(F)(F)F)cc2)c1. The van der Waals surface area contributed by atoms with E-state index in [0.29, 0.717) is 11.1 Å². The first kappa shape index (κ1) is 15.0. The number of rotatable bonds is 4. The third kappa shape index (κ3) is 4.59. The number of nitrogens with zero attached hydrogens (tertiary/aromatic N) is 1. The summed E-state index contributed by atoms with van der Waals surface area (Å²) in [5.41, 5.74) is 1.96. The number of carbonyl (C=O) groups is 1. The van der Waals surface area contributed by atoms with Crippen LogP contribution in [0.2, 0.25) is 0 Å². The van der Waals surface area contributed by atoms with E-state index in [1.54, 1.807) is 12.3 Å². The van der Waals surface area contributed by atoms with Gasteiger partial charge in [0.25, 0.3) is 0 Å². The average Bonchev–Trinajstić information content (AvgIpc) is 2.39. The molecular weight excluding hydrogens is 283 g/mol. The molecule has 0 saturated heterocycles. The van der Waals surface area contributed by atoms with E-state index >= 15 is 0 Å². The Morgan fingerprint density at radius 3 is 2.43 bits per heavy atom. The van der Waals surface area contributed by atoms with E-state index in [1.165, 1.54) is 30.5 Å². The summed E-state index contributed by atoms with van der Waals surface area (Å²) in [5, 5.41) is 0. The fourth-order valence-electron chi connectivity index (χ4n) is 1.80. The van der Waals surface area contributed by atoms with Crippen molar-refractivity contribution in [2.75, 3.05) is 0 Å². The number of aryl methyl sites for hydroxylation is 1. The van der Waals surface area contributed by atoms with Gasteiger partial charge >= 0.3 is 6.36 Å². The largest absolute Gasteiger partial charge is 0.573 e. The number of carbonyl (C=O) groups excluding carboxylic acids is 1. The summed E-state index contributed by atoms with van der Waals surface area (Å²) in [4.78, 5) is 16.0. The molecule has 2 aromatic rings. The number of ether oxygens (including phenoxy) is 1. The van der Waals surface area contributed by atoms with E-state index in [2.05, 4.69) is 9.72 Å². The van der Waals surface area contributed by atoms with Crippen molar-refractivity contribution >= 4 is 5.78 Å². The Hall–Kier alpha value is -2.37. The van der Waals surface area contributed by atoms with E-state index < -0.39 is 6.36 Å². The molecular formula is C15H12F3NO2. The molecule has 1 aromatic carbocycles. The van der Waals surface area contributed by atoms with Gasteiger partial charge in [-0.15, -0.1) is 13.2 Å². The first-order valence-electron chi connectivity index (χ1n) is 6.13. The number of hydrogen-bond donors (Lipinski definition) is 0. The van der Waals surface area contributed by atoms with E-state index in [1.807, 2.05) is 6.92 Å². The lowest BCUT2D eigenvalue weighted by molar-refractivity contribution is -0.274. The zero-order valence-electron chi connectivity index (χ0n) is 11.1. The first-order chi connectivity index (χ1) is 9.83. The molecule has 0 radical (unpaired) electrons. The second kappa shape index (κ2) is 5.95. The number of alkyl halides is 3. The van der Waals surface area contributed by atoms with Crippen molar-refractivity contribution in [2.24, 2.45) is 0 Å². The normalized spacial score (nSPS) is 11.2. The van der Waals surface area contributed by atoms with Crippen LogP contribution in [0.15, 0.2) is 42.7 Å². The predicted molar refractivity (Wildman–Crippen MR) is 70.1 cm³/mol. The van der Waals surface area contributed by atoms with E-state index in [0.717, 1.165) is 5.56 Å². The highest BCUT2D eigenvalue weighted by atomic mass is 19.4. The van der Waals surface area contributed by atoms with Crippen LogP contribution in [0.3, 0.4) is 0 Å². The molecule has 110 valence electrons. The molecule has 21 heavy (non-hydrogen) atoms. The Labute approximate surface area is 119 Å². The third-order valence-corrected chi connectivity index (χ3v) is 2.72. The fourth-order valence-corrected chi connectivity index (χ4v) is 1.80. The first-order valence-corrected chi connectivity index (χ1v) is 6.13. The molecule has 0 bridgehead atoms. The zero-order chi connectivity index (χ0) is 15.5. The second-order valence-electron chi connectivity index (χ2n) is 4.54. The van der Waals surface area contributed by atoms with Crippen LogP contribution >= 0.6 is 0 Å². The van der Waals surface area contributed by atoms with Gasteiger partial charge in [0, 0.05) is 24.4 Å². The van der Waals surface area contributed by atoms with Crippen molar-refractivity contribution in [1.29, 1.82) is 0 Å². The number of aromatic nitrogens is 1. The zero-order valence-corrected chi connectivity index (χ0v) is 11.1. The van der Waals surface area contributed by atoms with Gasteiger partial charge in [-0.3, -0.25) is 9.78 Å². The Morgan fingerprint density at radius 1 is 1.19 bits per heavy atom. The van der Waals surface area contributed by atoms with E-state index in [4.69, 9.17) is 0 Å². The van der Waals surface area contributed by atoms with Gasteiger partial charge in [-0.1, -0.05) is 12.1 Å². The Morgan fingerprint density at radius 2 is 1.86 bits per heavy atom. The molecule has 0 aliphatic rings. The second-order valence-corrected chi connectivity index (χ2v) is 4.54. The number of hydrogen-bond acceptors (Lipinski definition) is 3. The lowest BCUT2D eigenvalue weighted by Gasteiger charge is -2.09. The van der Waals surface area contributed by atoms with Crippen molar-refractivity contribution in [3.8, 4) is 5.75 Å². The topological polar surface area (TPSA) is 39.2 Å².